The molecule has 1 rings (SSSR count). The summed E-state index contributed by atoms with van der Waals surface area (Å²) in [5.41, 5.74) is 5.75. The summed E-state index contributed by atoms with van der Waals surface area (Å²) in [5, 5.41) is 3.45. The number of nitrogens with one attached hydrogen (secondary N) is 1. The van der Waals surface area contributed by atoms with E-state index in [4.69, 9.17) is 10.5 Å². The average Bonchev–Trinajstić information content (AvgIpc) is 2.95. The molecule has 0 aromatic carbocycles. The fourth-order valence-corrected chi connectivity index (χ4v) is 3.20. The number of anilines is 1. The van der Waals surface area contributed by atoms with Gasteiger partial charge in [-0.2, -0.15) is 0 Å². The van der Waals surface area contributed by atoms with Crippen LogP contribution in [0, 0.1) is 0 Å². The van der Waals surface area contributed by atoms with E-state index in [0.717, 1.165) is 25.7 Å². The summed E-state index contributed by atoms with van der Waals surface area (Å²) >= 11 is 1.54. The molecule has 6 heteroatoms. The van der Waals surface area contributed by atoms with E-state index < -0.39 is 6.04 Å². The zero-order chi connectivity index (χ0) is 17.5. The number of hydrogen-bond acceptors (Lipinski definition) is 5. The van der Waals surface area contributed by atoms with Gasteiger partial charge in [-0.3, -0.25) is 4.79 Å². The lowest BCUT2D eigenvalue weighted by Crippen LogP contribution is -2.35. The number of ether oxygens (including phenoxy) is 1. The van der Waals surface area contributed by atoms with Crippen molar-refractivity contribution in [1.82, 2.24) is 4.98 Å². The summed E-state index contributed by atoms with van der Waals surface area (Å²) in [6, 6.07) is -0.457. The van der Waals surface area contributed by atoms with Gasteiger partial charge in [-0.15, -0.1) is 11.3 Å². The molecule has 0 fully saturated rings. The molecule has 1 amide bonds. The molecule has 0 saturated carbocycles. The van der Waals surface area contributed by atoms with Crippen LogP contribution in [-0.4, -0.2) is 29.6 Å². The Bertz CT molecular complexity index is 488. The van der Waals surface area contributed by atoms with E-state index in [-0.39, 0.29) is 11.5 Å². The molecule has 5 nitrogen and oxygen atoms in total. The molecular weight excluding hydrogens is 310 g/mol. The van der Waals surface area contributed by atoms with Gasteiger partial charge in [-0.05, 0) is 45.4 Å². The number of amides is 1. The second-order valence-electron chi connectivity index (χ2n) is 6.71. The number of nitrogens with zero attached hydrogens (tertiary/aromatic N) is 1. The van der Waals surface area contributed by atoms with Gasteiger partial charge in [0.1, 0.15) is 0 Å². The fraction of sp³-hybridized carbons (Fsp3) is 0.765. The van der Waals surface area contributed by atoms with E-state index in [1.165, 1.54) is 16.2 Å². The van der Waals surface area contributed by atoms with Crippen LogP contribution in [0.25, 0.3) is 0 Å². The van der Waals surface area contributed by atoms with Gasteiger partial charge in [-0.25, -0.2) is 4.98 Å². The van der Waals surface area contributed by atoms with Crippen LogP contribution in [0.3, 0.4) is 0 Å². The molecule has 0 bridgehead atoms. The number of rotatable bonds is 10. The van der Waals surface area contributed by atoms with E-state index in [9.17, 15) is 4.79 Å². The number of carbonyl (C=O) groups excluding carboxylic acids is 1. The lowest BCUT2D eigenvalue weighted by Gasteiger charge is -2.23. The molecule has 132 valence electrons. The first-order valence-electron chi connectivity index (χ1n) is 8.36. The van der Waals surface area contributed by atoms with Crippen molar-refractivity contribution >= 4 is 22.4 Å². The monoisotopic (exact) mass is 341 g/mol. The minimum absolute atomic E-state index is 0.0675. The van der Waals surface area contributed by atoms with Crippen molar-refractivity contribution in [2.24, 2.45) is 5.73 Å². The predicted octanol–water partition coefficient (Wildman–Crippen LogP) is 3.91. The van der Waals surface area contributed by atoms with Crippen LogP contribution in [-0.2, 0) is 9.53 Å². The highest BCUT2D eigenvalue weighted by Gasteiger charge is 2.18. The average molecular weight is 342 g/mol. The Kier molecular flexibility index (Phi) is 8.16. The van der Waals surface area contributed by atoms with Crippen molar-refractivity contribution < 1.29 is 9.53 Å². The molecule has 0 saturated heterocycles. The minimum Gasteiger partial charge on any atom is -0.379 e. The van der Waals surface area contributed by atoms with Crippen molar-refractivity contribution in [2.45, 2.75) is 77.4 Å². The second kappa shape index (κ2) is 9.35. The van der Waals surface area contributed by atoms with Crippen molar-refractivity contribution in [1.29, 1.82) is 0 Å². The Morgan fingerprint density at radius 3 is 2.78 bits per heavy atom. The van der Waals surface area contributed by atoms with Crippen LogP contribution in [0.5, 0.6) is 0 Å². The zero-order valence-corrected chi connectivity index (χ0v) is 15.8. The topological polar surface area (TPSA) is 77.2 Å². The van der Waals surface area contributed by atoms with Crippen LogP contribution in [0.4, 0.5) is 5.13 Å². The van der Waals surface area contributed by atoms with Crippen LogP contribution in [0.15, 0.2) is 6.20 Å². The van der Waals surface area contributed by atoms with Gasteiger partial charge < -0.3 is 15.8 Å². The minimum atomic E-state index is -0.457. The molecule has 0 aliphatic carbocycles. The van der Waals surface area contributed by atoms with Gasteiger partial charge in [-0.1, -0.05) is 20.3 Å². The Morgan fingerprint density at radius 1 is 1.48 bits per heavy atom. The molecule has 1 aromatic heterocycles. The molecule has 1 heterocycles. The van der Waals surface area contributed by atoms with E-state index >= 15 is 0 Å². The lowest BCUT2D eigenvalue weighted by atomic mass is 9.96. The maximum Gasteiger partial charge on any atom is 0.243 e. The molecule has 3 N–H and O–H groups in total. The third-order valence-corrected chi connectivity index (χ3v) is 5.29. The fourth-order valence-electron chi connectivity index (χ4n) is 2.29. The van der Waals surface area contributed by atoms with Gasteiger partial charge in [0.2, 0.25) is 5.91 Å². The highest BCUT2D eigenvalue weighted by molar-refractivity contribution is 7.15. The summed E-state index contributed by atoms with van der Waals surface area (Å²) in [7, 11) is 1.75. The van der Waals surface area contributed by atoms with Gasteiger partial charge in [0.15, 0.2) is 5.13 Å². The molecule has 2 unspecified atom stereocenters. The molecular formula is C17H31N3O2S. The predicted molar refractivity (Wildman–Crippen MR) is 97.0 cm³/mol. The van der Waals surface area contributed by atoms with Crippen LogP contribution in [0.1, 0.15) is 70.6 Å². The molecule has 23 heavy (non-hydrogen) atoms. The highest BCUT2D eigenvalue weighted by Crippen LogP contribution is 2.30. The van der Waals surface area contributed by atoms with E-state index in [2.05, 4.69) is 31.1 Å². The van der Waals surface area contributed by atoms with Crippen molar-refractivity contribution in [2.75, 3.05) is 12.4 Å². The first-order chi connectivity index (χ1) is 10.8. The number of thiazole rings is 1. The van der Waals surface area contributed by atoms with Crippen molar-refractivity contribution in [3.63, 3.8) is 0 Å². The summed E-state index contributed by atoms with van der Waals surface area (Å²) in [6.45, 7) is 8.43. The maximum absolute atomic E-state index is 11.9. The van der Waals surface area contributed by atoms with Gasteiger partial charge in [0.05, 0.1) is 11.6 Å². The zero-order valence-electron chi connectivity index (χ0n) is 15.0. The number of nitrogens with two attached hydrogens (primary N) is 1. The van der Waals surface area contributed by atoms with E-state index in [1.54, 1.807) is 7.11 Å². The van der Waals surface area contributed by atoms with Crippen molar-refractivity contribution in [3.05, 3.63) is 11.1 Å². The second-order valence-corrected chi connectivity index (χ2v) is 7.77. The highest BCUT2D eigenvalue weighted by atomic mass is 32.1. The SMILES string of the molecule is CCCC(N)C(=O)Nc1ncc(C(C)CCCC(C)(C)OC)s1. The van der Waals surface area contributed by atoms with Gasteiger partial charge in [0, 0.05) is 18.2 Å². The van der Waals surface area contributed by atoms with E-state index in [0.29, 0.717) is 17.5 Å². The van der Waals surface area contributed by atoms with Gasteiger partial charge >= 0.3 is 0 Å². The standard InChI is InChI=1S/C17H31N3O2S/c1-6-8-13(18)15(21)20-16-19-11-14(23-16)12(2)9-7-10-17(3,4)22-5/h11-13H,6-10,18H2,1-5H3,(H,19,20,21). The van der Waals surface area contributed by atoms with Crippen LogP contribution in [0.2, 0.25) is 0 Å². The number of aromatic nitrogens is 1. The number of hydrogen-bond donors (Lipinski definition) is 2. The smallest absolute Gasteiger partial charge is 0.243 e. The molecule has 0 aliphatic rings. The summed E-state index contributed by atoms with van der Waals surface area (Å²) in [4.78, 5) is 17.4. The third-order valence-electron chi connectivity index (χ3n) is 4.14. The molecule has 0 aliphatic heterocycles. The normalized spacial score (nSPS) is 14.5. The number of carbonyl (C=O) groups is 1. The summed E-state index contributed by atoms with van der Waals surface area (Å²) in [5.74, 6) is 0.275. The Morgan fingerprint density at radius 2 is 2.17 bits per heavy atom. The van der Waals surface area contributed by atoms with Crippen LogP contribution < -0.4 is 11.1 Å². The largest absolute Gasteiger partial charge is 0.379 e. The summed E-state index contributed by atoms with van der Waals surface area (Å²) < 4.78 is 5.45. The van der Waals surface area contributed by atoms with Crippen molar-refractivity contribution in [3.8, 4) is 0 Å². The molecule has 2 atom stereocenters. The first-order valence-corrected chi connectivity index (χ1v) is 9.18. The lowest BCUT2D eigenvalue weighted by molar-refractivity contribution is -0.117. The maximum atomic E-state index is 11.9. The number of methoxy groups -OCH3 is 1. The summed E-state index contributed by atoms with van der Waals surface area (Å²) in [6.07, 6.45) is 6.66. The third kappa shape index (κ3) is 6.97. The first kappa shape index (κ1) is 20.1. The molecule has 0 spiro atoms. The van der Waals surface area contributed by atoms with Gasteiger partial charge in [0.25, 0.3) is 0 Å². The quantitative estimate of drug-likeness (QED) is 0.676. The van der Waals surface area contributed by atoms with Crippen LogP contribution >= 0.6 is 11.3 Å². The Balaban J connectivity index is 2.47. The van der Waals surface area contributed by atoms with E-state index in [1.807, 2.05) is 13.1 Å². The Hall–Kier alpha value is -0.980. The Labute approximate surface area is 144 Å². The molecule has 0 radical (unpaired) electrons. The molecule has 1 aromatic rings.